The number of hydrogen-bond acceptors (Lipinski definition) is 16. The number of carbonyl (C=O) groups excluding carboxylic acids is 7. The number of Topliss-reactive ketones (excluding diaryl/α,β-unsaturated/α-hetero) is 1. The number of rotatable bonds is 13. The van der Waals surface area contributed by atoms with Crippen molar-refractivity contribution in [2.75, 3.05) is 0 Å². The van der Waals surface area contributed by atoms with Crippen molar-refractivity contribution in [1.82, 2.24) is 49.0 Å². The Morgan fingerprint density at radius 1 is 0.598 bits per heavy atom. The summed E-state index contributed by atoms with van der Waals surface area (Å²) in [5, 5.41) is 25.0. The van der Waals surface area contributed by atoms with Gasteiger partial charge in [0.2, 0.25) is 0 Å². The topological polar surface area (TPSA) is 271 Å². The predicted molar refractivity (Wildman–Crippen MR) is 306 cm³/mol. The molecule has 22 nitrogen and oxygen atoms in total. The molecule has 1 atom stereocenters. The van der Waals surface area contributed by atoms with Gasteiger partial charge in [0, 0.05) is 64.7 Å². The monoisotopic (exact) mass is 1220 g/mol. The maximum absolute atomic E-state index is 12.5. The molecular formula is C59H57IN10O12. The second kappa shape index (κ2) is 22.3. The van der Waals surface area contributed by atoms with E-state index in [9.17, 15) is 38.7 Å². The molecule has 2 aliphatic carbocycles. The second-order valence-electron chi connectivity index (χ2n) is 19.9. The van der Waals surface area contributed by atoms with Crippen LogP contribution >= 0.6 is 18.7 Å². The van der Waals surface area contributed by atoms with E-state index in [2.05, 4.69) is 30.8 Å². The molecule has 7 heterocycles. The largest absolute Gasteiger partial charge is 0.389 e. The first-order valence-corrected chi connectivity index (χ1v) is 30.7. The third kappa shape index (κ3) is 11.6. The Morgan fingerprint density at radius 3 is 1.52 bits per heavy atom. The van der Waals surface area contributed by atoms with Gasteiger partial charge in [0.1, 0.15) is 11.3 Å². The number of aliphatic hydroxyl groups excluding tert-OH is 1. The third-order valence-electron chi connectivity index (χ3n) is 13.3. The maximum atomic E-state index is 12.5. The van der Waals surface area contributed by atoms with Crippen LogP contribution in [0.1, 0.15) is 125 Å². The summed E-state index contributed by atoms with van der Waals surface area (Å²) in [6.07, 6.45) is 18.2. The number of amides is 2. The number of halogens is 1. The van der Waals surface area contributed by atoms with Crippen molar-refractivity contribution in [2.45, 2.75) is 92.3 Å². The van der Waals surface area contributed by atoms with Crippen LogP contribution in [-0.4, -0.2) is 97.0 Å². The van der Waals surface area contributed by atoms with E-state index >= 15 is 0 Å². The molecule has 1 aliphatic heterocycles. The Hall–Kier alpha value is -9.36. The molecule has 0 bridgehead atoms. The summed E-state index contributed by atoms with van der Waals surface area (Å²) in [7, 11) is 0. The zero-order valence-electron chi connectivity index (χ0n) is 45.7. The number of aliphatic hydroxyl groups is 1. The average molecular weight is 1230 g/mol. The van der Waals surface area contributed by atoms with Gasteiger partial charge in [-0.25, -0.2) is 19.3 Å². The number of imidazole rings is 2. The first kappa shape index (κ1) is 55.9. The minimum absolute atomic E-state index is 0.00498. The first-order chi connectivity index (χ1) is 39.2. The van der Waals surface area contributed by atoms with E-state index in [4.69, 9.17) is 12.3 Å². The van der Waals surface area contributed by atoms with Crippen molar-refractivity contribution >= 4 is 71.5 Å². The van der Waals surface area contributed by atoms with Gasteiger partial charge in [-0.3, -0.25) is 23.2 Å². The summed E-state index contributed by atoms with van der Waals surface area (Å²) in [4.78, 5) is 92.2. The maximum Gasteiger partial charge on any atom is 0.251 e. The molecule has 9 aromatic rings. The van der Waals surface area contributed by atoms with Crippen molar-refractivity contribution in [3.05, 3.63) is 177 Å². The van der Waals surface area contributed by atoms with Crippen LogP contribution in [0.5, 0.6) is 0 Å². The smallest absolute Gasteiger partial charge is 0.251 e. The van der Waals surface area contributed by atoms with Crippen molar-refractivity contribution in [3.63, 3.8) is 0 Å². The normalized spacial score (nSPS) is 15.4. The van der Waals surface area contributed by atoms with Gasteiger partial charge in [-0.1, -0.05) is 18.2 Å². The summed E-state index contributed by atoms with van der Waals surface area (Å²) >= 11 is -6.03. The van der Waals surface area contributed by atoms with Crippen LogP contribution < -0.4 is 10.6 Å². The molecule has 82 heavy (non-hydrogen) atoms. The number of aromatic nitrogens is 8. The molecule has 3 N–H and O–H groups in total. The molecular weight excluding hydrogens is 1170 g/mol. The molecule has 0 saturated heterocycles. The molecule has 6 aromatic heterocycles. The standard InChI is InChI=1S/C23H23N5O2.C23H21N5O2.C13H13IO8/c2*1-14-3-4-16(23(30)26-19-6-7-19)9-20(14)18-10-25-28(13-18)22-11-24-21-8-5-17(15(2)29)12-27(21)22;1-8(15)19-14(20-9(2)16,21-10(3)17)12-7-5-4-6-11(12)13(18)22-14/h3-5,8-13,15,19,29H,6-7H2,1-2H3,(H,26,30);3-5,8-13,19H,6-7H2,1-2H3,(H,26,30);4-7H,1-3H3. The molecule has 23 heteroatoms. The van der Waals surface area contributed by atoms with Crippen molar-refractivity contribution < 1.29 is 50.9 Å². The molecule has 2 amide bonds. The van der Waals surface area contributed by atoms with Crippen LogP contribution in [0, 0.1) is 17.4 Å². The Kier molecular flexibility index (Phi) is 15.2. The summed E-state index contributed by atoms with van der Waals surface area (Å²) in [6.45, 7) is 10.4. The zero-order valence-corrected chi connectivity index (χ0v) is 47.8. The zero-order chi connectivity index (χ0) is 58.2. The third-order valence-corrected chi connectivity index (χ3v) is 21.5. The van der Waals surface area contributed by atoms with Crippen LogP contribution in [0.15, 0.2) is 135 Å². The second-order valence-corrected chi connectivity index (χ2v) is 26.8. The molecule has 422 valence electrons. The van der Waals surface area contributed by atoms with Gasteiger partial charge in [0.05, 0.1) is 30.9 Å². The molecule has 3 aromatic carbocycles. The fraction of sp³-hybridized carbons (Fsp3) is 0.237. The fourth-order valence-electron chi connectivity index (χ4n) is 8.94. The number of ketones is 1. The molecule has 1 unspecified atom stereocenters. The SMILES string of the molecule is CC(=O)OI1(OC(C)=O)(OC(C)=O)OC(=O)c2ccccc21.CC(=O)c1ccc2ncc(-n3cc(-c4cc(C(=O)NC5CC5)ccc4C)cn3)n2c1.Cc1ccc(C(=O)NC2CC2)cc1-c1cnn(-c2cnc3ccc(C(C)O)cn23)c1. The van der Waals surface area contributed by atoms with Crippen molar-refractivity contribution in [3.8, 4) is 33.9 Å². The van der Waals surface area contributed by atoms with Gasteiger partial charge in [-0.2, -0.15) is 10.2 Å². The number of benzene rings is 3. The van der Waals surface area contributed by atoms with Crippen molar-refractivity contribution in [1.29, 1.82) is 0 Å². The van der Waals surface area contributed by atoms with Crippen LogP contribution in [-0.2, 0) is 26.6 Å². The number of fused-ring (bicyclic) bond motifs is 3. The number of pyridine rings is 2. The van der Waals surface area contributed by atoms with E-state index in [1.165, 1.54) is 18.2 Å². The minimum Gasteiger partial charge on any atom is -0.389 e. The average Bonchev–Trinajstić information content (AvgIpc) is 3.07. The number of carbonyl (C=O) groups is 7. The van der Waals surface area contributed by atoms with E-state index in [-0.39, 0.29) is 26.7 Å². The van der Waals surface area contributed by atoms with Crippen LogP contribution in [0.3, 0.4) is 0 Å². The van der Waals surface area contributed by atoms with Crippen LogP contribution in [0.2, 0.25) is 0 Å². The number of aryl methyl sites for hydroxylation is 2. The van der Waals surface area contributed by atoms with Crippen LogP contribution in [0.25, 0.3) is 45.2 Å². The van der Waals surface area contributed by atoms with Gasteiger partial charge >= 0.3 is 128 Å². The fourth-order valence-corrected chi connectivity index (χ4v) is 16.7. The molecule has 12 rings (SSSR count). The number of nitrogens with one attached hydrogen (secondary N) is 2. The Balaban J connectivity index is 0.000000140. The molecule has 0 radical (unpaired) electrons. The summed E-state index contributed by atoms with van der Waals surface area (Å²) < 4.78 is 27.7. The quantitative estimate of drug-likeness (QED) is 0.0717. The molecule has 0 spiro atoms. The van der Waals surface area contributed by atoms with Crippen LogP contribution in [0.4, 0.5) is 0 Å². The van der Waals surface area contributed by atoms with Crippen molar-refractivity contribution in [2.24, 2.45) is 0 Å². The molecule has 2 fully saturated rings. The number of hydrogen-bond donors (Lipinski definition) is 3. The Morgan fingerprint density at radius 2 is 1.06 bits per heavy atom. The molecule has 2 saturated carbocycles. The minimum atomic E-state index is -6.03. The van der Waals surface area contributed by atoms with Gasteiger partial charge < -0.3 is 15.7 Å². The van der Waals surface area contributed by atoms with E-state index in [0.717, 1.165) is 108 Å². The summed E-state index contributed by atoms with van der Waals surface area (Å²) in [5.74, 6) is -2.20. The predicted octanol–water partition coefficient (Wildman–Crippen LogP) is 8.98. The Labute approximate surface area is 472 Å². The van der Waals surface area contributed by atoms with E-state index in [0.29, 0.717) is 28.8 Å². The van der Waals surface area contributed by atoms with Gasteiger partial charge in [0.25, 0.3) is 11.8 Å². The summed E-state index contributed by atoms with van der Waals surface area (Å²) in [5.41, 5.74) is 10.2. The Bertz CT molecular complexity index is 4000. The number of nitrogens with zero attached hydrogens (tertiary/aromatic N) is 8. The van der Waals surface area contributed by atoms with Gasteiger partial charge in [-0.05, 0) is 124 Å². The van der Waals surface area contributed by atoms with E-state index in [1.807, 2.05) is 95.8 Å². The van der Waals surface area contributed by atoms with E-state index < -0.39 is 48.7 Å². The summed E-state index contributed by atoms with van der Waals surface area (Å²) in [6, 6.07) is 25.3. The van der Waals surface area contributed by atoms with Gasteiger partial charge in [0.15, 0.2) is 17.4 Å². The van der Waals surface area contributed by atoms with E-state index in [1.54, 1.807) is 66.3 Å². The molecule has 3 aliphatic rings. The van der Waals surface area contributed by atoms with Gasteiger partial charge in [-0.15, -0.1) is 0 Å². The first-order valence-electron chi connectivity index (χ1n) is 26.1.